The van der Waals surface area contributed by atoms with Gasteiger partial charge in [0.05, 0.1) is 24.9 Å². The first-order valence-electron chi connectivity index (χ1n) is 9.14. The van der Waals surface area contributed by atoms with Crippen molar-refractivity contribution in [2.24, 2.45) is 5.92 Å². The highest BCUT2D eigenvalue weighted by Gasteiger charge is 2.32. The summed E-state index contributed by atoms with van der Waals surface area (Å²) in [6, 6.07) is 3.77. The third-order valence-corrected chi connectivity index (χ3v) is 5.24. The van der Waals surface area contributed by atoms with E-state index in [2.05, 4.69) is 10.3 Å². The molecular weight excluding hydrogens is 320 g/mol. The van der Waals surface area contributed by atoms with Crippen LogP contribution in [0.5, 0.6) is 0 Å². The quantitative estimate of drug-likeness (QED) is 0.833. The Bertz CT molecular complexity index is 775. The molecule has 7 nitrogen and oxygen atoms in total. The van der Waals surface area contributed by atoms with Crippen LogP contribution in [0.3, 0.4) is 0 Å². The van der Waals surface area contributed by atoms with E-state index in [-0.39, 0.29) is 12.0 Å². The number of fused-ring (bicyclic) bond motifs is 1. The molecule has 3 aliphatic rings. The number of nitrogens with zero attached hydrogens (tertiary/aromatic N) is 4. The summed E-state index contributed by atoms with van der Waals surface area (Å²) in [6.07, 6.45) is 6.51. The molecule has 1 atom stereocenters. The van der Waals surface area contributed by atoms with Crippen molar-refractivity contribution in [1.82, 2.24) is 19.8 Å². The summed E-state index contributed by atoms with van der Waals surface area (Å²) in [5.41, 5.74) is 1.42. The van der Waals surface area contributed by atoms with Gasteiger partial charge in [0.15, 0.2) is 5.69 Å². The van der Waals surface area contributed by atoms with E-state index in [0.29, 0.717) is 37.2 Å². The number of amides is 1. The van der Waals surface area contributed by atoms with Gasteiger partial charge in [-0.1, -0.05) is 5.16 Å². The van der Waals surface area contributed by atoms with Crippen LogP contribution in [-0.4, -0.2) is 45.0 Å². The summed E-state index contributed by atoms with van der Waals surface area (Å²) in [6.45, 7) is 2.54. The van der Waals surface area contributed by atoms with Crippen LogP contribution in [0.2, 0.25) is 0 Å². The van der Waals surface area contributed by atoms with E-state index in [4.69, 9.17) is 9.26 Å². The van der Waals surface area contributed by atoms with Crippen LogP contribution in [0, 0.1) is 5.92 Å². The van der Waals surface area contributed by atoms with Crippen molar-refractivity contribution < 1.29 is 14.1 Å². The van der Waals surface area contributed by atoms with Crippen LogP contribution in [0.25, 0.3) is 0 Å². The number of ether oxygens (including phenoxy) is 1. The fraction of sp³-hybridized carbons (Fsp3) is 0.611. The molecule has 5 rings (SSSR count). The monoisotopic (exact) mass is 342 g/mol. The first kappa shape index (κ1) is 15.1. The van der Waals surface area contributed by atoms with Gasteiger partial charge in [0.2, 0.25) is 0 Å². The van der Waals surface area contributed by atoms with Crippen LogP contribution in [-0.2, 0) is 17.8 Å². The van der Waals surface area contributed by atoms with Crippen LogP contribution in [0.15, 0.2) is 22.9 Å². The number of hydrogen-bond donors (Lipinski definition) is 0. The molecule has 0 radical (unpaired) electrons. The number of hydrogen-bond acceptors (Lipinski definition) is 5. The molecule has 3 heterocycles. The zero-order valence-electron chi connectivity index (χ0n) is 14.1. The second kappa shape index (κ2) is 5.98. The molecule has 7 heteroatoms. The van der Waals surface area contributed by atoms with Crippen LogP contribution < -0.4 is 0 Å². The Labute approximate surface area is 145 Å². The smallest absolute Gasteiger partial charge is 0.276 e. The van der Waals surface area contributed by atoms with Gasteiger partial charge in [-0.15, -0.1) is 0 Å². The van der Waals surface area contributed by atoms with Gasteiger partial charge >= 0.3 is 0 Å². The van der Waals surface area contributed by atoms with Crippen molar-refractivity contribution in [3.63, 3.8) is 0 Å². The maximum Gasteiger partial charge on any atom is 0.276 e. The van der Waals surface area contributed by atoms with Gasteiger partial charge in [0.1, 0.15) is 5.76 Å². The molecule has 2 saturated carbocycles. The van der Waals surface area contributed by atoms with E-state index in [1.807, 2.05) is 21.7 Å². The highest BCUT2D eigenvalue weighted by atomic mass is 16.5. The molecule has 1 amide bonds. The lowest BCUT2D eigenvalue weighted by atomic mass is 10.2. The number of carbonyl (C=O) groups excluding carboxylic acids is 1. The van der Waals surface area contributed by atoms with Gasteiger partial charge in [0.25, 0.3) is 5.91 Å². The highest BCUT2D eigenvalue weighted by Crippen LogP contribution is 2.40. The standard InChI is InChI=1S/C18H22N4O3/c23-18(16-7-17(25-20-16)13-3-4-13)21-8-14-5-6-19-22(14)10-15(9-21)24-11-12-1-2-12/h5-7,12-13,15H,1-4,8-11H2/t15-/m0/s1. The summed E-state index contributed by atoms with van der Waals surface area (Å²) < 4.78 is 13.4. The lowest BCUT2D eigenvalue weighted by Gasteiger charge is -2.23. The predicted octanol–water partition coefficient (Wildman–Crippen LogP) is 2.20. The summed E-state index contributed by atoms with van der Waals surface area (Å²) in [7, 11) is 0. The molecule has 1 aliphatic heterocycles. The fourth-order valence-corrected chi connectivity index (χ4v) is 3.34. The molecule has 25 heavy (non-hydrogen) atoms. The summed E-state index contributed by atoms with van der Waals surface area (Å²) in [5.74, 6) is 1.89. The molecule has 2 aromatic rings. The third kappa shape index (κ3) is 3.20. The average molecular weight is 342 g/mol. The SMILES string of the molecule is O=C(c1cc(C2CC2)on1)N1Cc2ccnn2C[C@@H](OCC2CC2)C1. The van der Waals surface area contributed by atoms with Crippen molar-refractivity contribution in [3.05, 3.63) is 35.5 Å². The van der Waals surface area contributed by atoms with Gasteiger partial charge in [0, 0.05) is 31.3 Å². The van der Waals surface area contributed by atoms with Gasteiger partial charge in [-0.05, 0) is 37.7 Å². The van der Waals surface area contributed by atoms with Crippen LogP contribution in [0.1, 0.15) is 53.5 Å². The van der Waals surface area contributed by atoms with Crippen molar-refractivity contribution in [2.75, 3.05) is 13.2 Å². The van der Waals surface area contributed by atoms with Crippen molar-refractivity contribution in [2.45, 2.75) is 50.8 Å². The minimum Gasteiger partial charge on any atom is -0.374 e. The van der Waals surface area contributed by atoms with E-state index >= 15 is 0 Å². The van der Waals surface area contributed by atoms with Crippen molar-refractivity contribution >= 4 is 5.91 Å². The molecule has 0 aromatic carbocycles. The highest BCUT2D eigenvalue weighted by molar-refractivity contribution is 5.92. The molecule has 132 valence electrons. The Morgan fingerprint density at radius 2 is 2.16 bits per heavy atom. The van der Waals surface area contributed by atoms with E-state index in [1.165, 1.54) is 12.8 Å². The lowest BCUT2D eigenvalue weighted by molar-refractivity contribution is 0.0134. The summed E-state index contributed by atoms with van der Waals surface area (Å²) in [5, 5.41) is 8.38. The first-order valence-corrected chi connectivity index (χ1v) is 9.14. The minimum atomic E-state index is -0.0923. The Balaban J connectivity index is 1.35. The maximum absolute atomic E-state index is 13.0. The zero-order valence-corrected chi connectivity index (χ0v) is 14.1. The predicted molar refractivity (Wildman–Crippen MR) is 87.9 cm³/mol. The number of aromatic nitrogens is 3. The van der Waals surface area contributed by atoms with Crippen molar-refractivity contribution in [3.8, 4) is 0 Å². The van der Waals surface area contributed by atoms with Crippen LogP contribution >= 0.6 is 0 Å². The Morgan fingerprint density at radius 1 is 1.28 bits per heavy atom. The molecule has 0 N–H and O–H groups in total. The van der Waals surface area contributed by atoms with E-state index in [0.717, 1.165) is 30.9 Å². The van der Waals surface area contributed by atoms with Crippen molar-refractivity contribution in [1.29, 1.82) is 0 Å². The Kier molecular flexibility index (Phi) is 3.62. The molecule has 0 unspecified atom stereocenters. The molecule has 0 spiro atoms. The Hall–Kier alpha value is -2.15. The molecule has 0 saturated heterocycles. The minimum absolute atomic E-state index is 0.0412. The largest absolute Gasteiger partial charge is 0.374 e. The second-order valence-corrected chi connectivity index (χ2v) is 7.48. The average Bonchev–Trinajstić information content (AvgIpc) is 3.55. The molecule has 2 fully saturated rings. The molecule has 2 aliphatic carbocycles. The lowest BCUT2D eigenvalue weighted by Crippen LogP contribution is -2.37. The molecular formula is C18H22N4O3. The third-order valence-electron chi connectivity index (χ3n) is 5.24. The van der Waals surface area contributed by atoms with Gasteiger partial charge in [-0.3, -0.25) is 9.48 Å². The van der Waals surface area contributed by atoms with Crippen LogP contribution in [0.4, 0.5) is 0 Å². The maximum atomic E-state index is 13.0. The normalized spacial score (nSPS) is 23.4. The molecule has 2 aromatic heterocycles. The van der Waals surface area contributed by atoms with E-state index < -0.39 is 0 Å². The van der Waals surface area contributed by atoms with Gasteiger partial charge in [-0.2, -0.15) is 5.10 Å². The second-order valence-electron chi connectivity index (χ2n) is 7.48. The van der Waals surface area contributed by atoms with E-state index in [1.54, 1.807) is 6.20 Å². The summed E-state index contributed by atoms with van der Waals surface area (Å²) >= 11 is 0. The fourth-order valence-electron chi connectivity index (χ4n) is 3.34. The number of rotatable bonds is 5. The molecule has 0 bridgehead atoms. The first-order chi connectivity index (χ1) is 12.3. The van der Waals surface area contributed by atoms with Gasteiger partial charge in [-0.25, -0.2) is 0 Å². The number of carbonyl (C=O) groups is 1. The van der Waals surface area contributed by atoms with Gasteiger partial charge < -0.3 is 14.2 Å². The topological polar surface area (TPSA) is 73.4 Å². The van der Waals surface area contributed by atoms with E-state index in [9.17, 15) is 4.79 Å². The summed E-state index contributed by atoms with van der Waals surface area (Å²) in [4.78, 5) is 14.8. The zero-order chi connectivity index (χ0) is 16.8. The Morgan fingerprint density at radius 3 is 2.96 bits per heavy atom.